The SMILES string of the molecule is CCCCC1CC=C(c2ccc(OC3CCCC3)c(F)c2F)CC1. The summed E-state index contributed by atoms with van der Waals surface area (Å²) in [5.41, 5.74) is 1.37. The molecule has 1 saturated carbocycles. The number of ether oxygens (including phenoxy) is 1. The maximum atomic E-state index is 14.5. The number of hydrogen-bond donors (Lipinski definition) is 0. The molecule has 0 N–H and O–H groups in total. The molecule has 1 fully saturated rings. The summed E-state index contributed by atoms with van der Waals surface area (Å²) in [5, 5.41) is 0. The quantitative estimate of drug-likeness (QED) is 0.565. The molecule has 0 spiro atoms. The number of hydrogen-bond acceptors (Lipinski definition) is 1. The van der Waals surface area contributed by atoms with E-state index in [1.54, 1.807) is 12.1 Å². The Balaban J connectivity index is 1.70. The minimum Gasteiger partial charge on any atom is -0.487 e. The zero-order valence-corrected chi connectivity index (χ0v) is 14.6. The van der Waals surface area contributed by atoms with Gasteiger partial charge in [0, 0.05) is 5.56 Å². The molecule has 24 heavy (non-hydrogen) atoms. The Hall–Kier alpha value is -1.38. The van der Waals surface area contributed by atoms with Gasteiger partial charge < -0.3 is 4.74 Å². The van der Waals surface area contributed by atoms with Crippen molar-refractivity contribution in [2.75, 3.05) is 0 Å². The van der Waals surface area contributed by atoms with E-state index in [-0.39, 0.29) is 11.9 Å². The van der Waals surface area contributed by atoms with Crippen LogP contribution in [0.2, 0.25) is 0 Å². The molecule has 1 nitrogen and oxygen atoms in total. The zero-order valence-electron chi connectivity index (χ0n) is 14.6. The first-order valence-electron chi connectivity index (χ1n) is 9.53. The van der Waals surface area contributed by atoms with Gasteiger partial charge in [-0.3, -0.25) is 0 Å². The van der Waals surface area contributed by atoms with Crippen molar-refractivity contribution >= 4 is 5.57 Å². The first kappa shape index (κ1) is 17.4. The molecular weight excluding hydrogens is 306 g/mol. The lowest BCUT2D eigenvalue weighted by Gasteiger charge is -2.23. The van der Waals surface area contributed by atoms with E-state index in [2.05, 4.69) is 13.0 Å². The molecule has 1 aromatic carbocycles. The first-order chi connectivity index (χ1) is 11.7. The van der Waals surface area contributed by atoms with Crippen LogP contribution in [0.3, 0.4) is 0 Å². The summed E-state index contributed by atoms with van der Waals surface area (Å²) in [6.07, 6.45) is 12.9. The summed E-state index contributed by atoms with van der Waals surface area (Å²) in [4.78, 5) is 0. The molecule has 2 aliphatic carbocycles. The average Bonchev–Trinajstić information content (AvgIpc) is 3.11. The number of rotatable bonds is 6. The van der Waals surface area contributed by atoms with Crippen LogP contribution < -0.4 is 4.74 Å². The van der Waals surface area contributed by atoms with Gasteiger partial charge in [-0.15, -0.1) is 0 Å². The Kier molecular flexibility index (Phi) is 5.91. The van der Waals surface area contributed by atoms with Crippen LogP contribution in [0.15, 0.2) is 18.2 Å². The lowest BCUT2D eigenvalue weighted by molar-refractivity contribution is 0.198. The summed E-state index contributed by atoms with van der Waals surface area (Å²) in [6, 6.07) is 3.30. The van der Waals surface area contributed by atoms with E-state index in [9.17, 15) is 8.78 Å². The Morgan fingerprint density at radius 2 is 1.88 bits per heavy atom. The van der Waals surface area contributed by atoms with Crippen LogP contribution >= 0.6 is 0 Å². The van der Waals surface area contributed by atoms with Gasteiger partial charge in [-0.2, -0.15) is 4.39 Å². The maximum absolute atomic E-state index is 14.5. The summed E-state index contributed by atoms with van der Waals surface area (Å²) in [7, 11) is 0. The van der Waals surface area contributed by atoms with Crippen LogP contribution in [0, 0.1) is 17.6 Å². The molecular formula is C21H28F2O. The topological polar surface area (TPSA) is 9.23 Å². The smallest absolute Gasteiger partial charge is 0.201 e. The van der Waals surface area contributed by atoms with Gasteiger partial charge in [0.05, 0.1) is 6.10 Å². The molecule has 3 heteroatoms. The van der Waals surface area contributed by atoms with Crippen molar-refractivity contribution in [1.82, 2.24) is 0 Å². The lowest BCUT2D eigenvalue weighted by Crippen LogP contribution is -2.13. The van der Waals surface area contributed by atoms with Crippen LogP contribution in [0.25, 0.3) is 5.57 Å². The fourth-order valence-electron chi connectivity index (χ4n) is 3.94. The average molecular weight is 334 g/mol. The molecule has 132 valence electrons. The van der Waals surface area contributed by atoms with Gasteiger partial charge in [-0.25, -0.2) is 4.39 Å². The maximum Gasteiger partial charge on any atom is 0.201 e. The molecule has 1 unspecified atom stereocenters. The highest BCUT2D eigenvalue weighted by molar-refractivity contribution is 5.67. The van der Waals surface area contributed by atoms with Gasteiger partial charge in [-0.1, -0.05) is 32.3 Å². The molecule has 1 aromatic rings. The van der Waals surface area contributed by atoms with Crippen molar-refractivity contribution in [3.63, 3.8) is 0 Å². The van der Waals surface area contributed by atoms with Gasteiger partial charge in [0.2, 0.25) is 5.82 Å². The van der Waals surface area contributed by atoms with E-state index in [1.807, 2.05) is 0 Å². The van der Waals surface area contributed by atoms with Crippen molar-refractivity contribution in [1.29, 1.82) is 0 Å². The predicted octanol–water partition coefficient (Wildman–Crippen LogP) is 6.66. The predicted molar refractivity (Wildman–Crippen MR) is 94.1 cm³/mol. The van der Waals surface area contributed by atoms with E-state index < -0.39 is 11.6 Å². The Bertz CT molecular complexity index is 588. The number of allylic oxidation sites excluding steroid dienone is 2. The third-order valence-corrected chi connectivity index (χ3v) is 5.47. The molecule has 0 bridgehead atoms. The van der Waals surface area contributed by atoms with Gasteiger partial charge in [0.25, 0.3) is 0 Å². The summed E-state index contributed by atoms with van der Waals surface area (Å²) < 4.78 is 34.6. The highest BCUT2D eigenvalue weighted by Crippen LogP contribution is 2.36. The van der Waals surface area contributed by atoms with Crippen LogP contribution in [0.5, 0.6) is 5.75 Å². The van der Waals surface area contributed by atoms with Gasteiger partial charge in [-0.05, 0) is 68.6 Å². The van der Waals surface area contributed by atoms with Crippen molar-refractivity contribution in [3.05, 3.63) is 35.4 Å². The molecule has 0 aromatic heterocycles. The molecule has 0 heterocycles. The Labute approximate surface area is 144 Å². The summed E-state index contributed by atoms with van der Waals surface area (Å²) in [6.45, 7) is 2.21. The first-order valence-corrected chi connectivity index (χ1v) is 9.53. The Morgan fingerprint density at radius 3 is 2.54 bits per heavy atom. The molecule has 3 rings (SSSR count). The largest absolute Gasteiger partial charge is 0.487 e. The van der Waals surface area contributed by atoms with E-state index >= 15 is 0 Å². The highest BCUT2D eigenvalue weighted by atomic mass is 19.2. The fourth-order valence-corrected chi connectivity index (χ4v) is 3.94. The lowest BCUT2D eigenvalue weighted by atomic mass is 9.84. The summed E-state index contributed by atoms with van der Waals surface area (Å²) >= 11 is 0. The zero-order chi connectivity index (χ0) is 16.9. The fraction of sp³-hybridized carbons (Fsp3) is 0.619. The van der Waals surface area contributed by atoms with E-state index in [4.69, 9.17) is 4.74 Å². The molecule has 2 aliphatic rings. The molecule has 0 saturated heterocycles. The van der Waals surface area contributed by atoms with Gasteiger partial charge >= 0.3 is 0 Å². The van der Waals surface area contributed by atoms with Crippen molar-refractivity contribution < 1.29 is 13.5 Å². The molecule has 1 atom stereocenters. The summed E-state index contributed by atoms with van der Waals surface area (Å²) in [5.74, 6) is -0.802. The van der Waals surface area contributed by atoms with Crippen LogP contribution in [0.4, 0.5) is 8.78 Å². The normalized spacial score (nSPS) is 21.8. The standard InChI is InChI=1S/C21H28F2O/c1-2-3-6-15-9-11-16(12-10-15)18-13-14-19(21(23)20(18)22)24-17-7-4-5-8-17/h11,13-15,17H,2-10,12H2,1H3. The third kappa shape index (κ3) is 3.99. The van der Waals surface area contributed by atoms with Gasteiger partial charge in [0.15, 0.2) is 11.6 Å². The van der Waals surface area contributed by atoms with Crippen LogP contribution in [-0.4, -0.2) is 6.10 Å². The second-order valence-corrected chi connectivity index (χ2v) is 7.28. The molecule has 0 amide bonds. The number of benzene rings is 1. The van der Waals surface area contributed by atoms with E-state index in [0.717, 1.165) is 50.5 Å². The van der Waals surface area contributed by atoms with Crippen molar-refractivity contribution in [2.45, 2.75) is 77.2 Å². The highest BCUT2D eigenvalue weighted by Gasteiger charge is 2.23. The monoisotopic (exact) mass is 334 g/mol. The minimum atomic E-state index is -0.826. The van der Waals surface area contributed by atoms with E-state index in [0.29, 0.717) is 11.5 Å². The minimum absolute atomic E-state index is 0.0398. The van der Waals surface area contributed by atoms with Crippen LogP contribution in [-0.2, 0) is 0 Å². The van der Waals surface area contributed by atoms with Gasteiger partial charge in [0.1, 0.15) is 0 Å². The van der Waals surface area contributed by atoms with Crippen molar-refractivity contribution in [2.24, 2.45) is 5.92 Å². The number of halogens is 2. The number of unbranched alkanes of at least 4 members (excludes halogenated alkanes) is 1. The molecule has 0 aliphatic heterocycles. The van der Waals surface area contributed by atoms with Crippen LogP contribution in [0.1, 0.15) is 76.7 Å². The molecule has 0 radical (unpaired) electrons. The third-order valence-electron chi connectivity index (χ3n) is 5.47. The van der Waals surface area contributed by atoms with E-state index in [1.165, 1.54) is 19.3 Å². The Morgan fingerprint density at radius 1 is 1.08 bits per heavy atom. The second kappa shape index (κ2) is 8.13. The second-order valence-electron chi connectivity index (χ2n) is 7.28. The van der Waals surface area contributed by atoms with Crippen molar-refractivity contribution in [3.8, 4) is 5.75 Å².